The van der Waals surface area contributed by atoms with E-state index in [9.17, 15) is 4.79 Å². The average Bonchev–Trinajstić information content (AvgIpc) is 2.98. The molecule has 0 spiro atoms. The van der Waals surface area contributed by atoms with Gasteiger partial charge in [0.2, 0.25) is 5.91 Å². The van der Waals surface area contributed by atoms with Crippen LogP contribution in [-0.4, -0.2) is 25.5 Å². The molecule has 0 bridgehead atoms. The fourth-order valence-electron chi connectivity index (χ4n) is 3.84. The van der Waals surface area contributed by atoms with Crippen LogP contribution in [0.1, 0.15) is 44.1 Å². The van der Waals surface area contributed by atoms with Crippen molar-refractivity contribution in [3.63, 3.8) is 0 Å². The molecule has 3 heteroatoms. The Balaban J connectivity index is 1.64. The first-order chi connectivity index (χ1) is 10.3. The summed E-state index contributed by atoms with van der Waals surface area (Å²) in [5.41, 5.74) is 3.86. The lowest BCUT2D eigenvalue weighted by atomic mass is 9.83. The van der Waals surface area contributed by atoms with Crippen molar-refractivity contribution >= 4 is 17.3 Å². The van der Waals surface area contributed by atoms with E-state index in [2.05, 4.69) is 28.0 Å². The standard InChI is InChI=1S/C18H24N2O/c21-18(15-5-3-6-15)20-12-4-7-14-8-9-16(13-17(14)20)19-10-1-2-11-19/h8-9,13,15H,1-7,10-12H2. The molecule has 0 unspecified atom stereocenters. The second-order valence-electron chi connectivity index (χ2n) is 6.73. The minimum absolute atomic E-state index is 0.298. The number of anilines is 2. The van der Waals surface area contributed by atoms with Gasteiger partial charge in [-0.2, -0.15) is 0 Å². The van der Waals surface area contributed by atoms with Crippen LogP contribution in [0.4, 0.5) is 11.4 Å². The van der Waals surface area contributed by atoms with Crippen molar-refractivity contribution in [2.24, 2.45) is 5.92 Å². The molecule has 0 aromatic heterocycles. The molecule has 3 nitrogen and oxygen atoms in total. The zero-order chi connectivity index (χ0) is 14.2. The predicted molar refractivity (Wildman–Crippen MR) is 85.9 cm³/mol. The van der Waals surface area contributed by atoms with Gasteiger partial charge in [-0.1, -0.05) is 12.5 Å². The first kappa shape index (κ1) is 13.2. The van der Waals surface area contributed by atoms with Crippen LogP contribution in [0.3, 0.4) is 0 Å². The highest BCUT2D eigenvalue weighted by atomic mass is 16.2. The van der Waals surface area contributed by atoms with E-state index in [1.807, 2.05) is 0 Å². The number of benzene rings is 1. The van der Waals surface area contributed by atoms with Crippen LogP contribution in [0.5, 0.6) is 0 Å². The van der Waals surface area contributed by atoms with Crippen LogP contribution in [0.15, 0.2) is 18.2 Å². The number of hydrogen-bond acceptors (Lipinski definition) is 2. The van der Waals surface area contributed by atoms with Crippen LogP contribution in [0, 0.1) is 5.92 Å². The van der Waals surface area contributed by atoms with Crippen molar-refractivity contribution in [1.82, 2.24) is 0 Å². The van der Waals surface area contributed by atoms with Gasteiger partial charge in [0, 0.05) is 36.9 Å². The maximum atomic E-state index is 12.7. The zero-order valence-corrected chi connectivity index (χ0v) is 12.7. The molecule has 0 radical (unpaired) electrons. The molecule has 2 fully saturated rings. The highest BCUT2D eigenvalue weighted by Crippen LogP contribution is 2.36. The fraction of sp³-hybridized carbons (Fsp3) is 0.611. The molecule has 1 saturated carbocycles. The van der Waals surface area contributed by atoms with Gasteiger partial charge in [0.25, 0.3) is 0 Å². The van der Waals surface area contributed by atoms with E-state index in [4.69, 9.17) is 0 Å². The molecule has 4 rings (SSSR count). The van der Waals surface area contributed by atoms with E-state index < -0.39 is 0 Å². The second-order valence-corrected chi connectivity index (χ2v) is 6.73. The molecule has 112 valence electrons. The molecule has 1 aromatic rings. The van der Waals surface area contributed by atoms with Gasteiger partial charge in [-0.05, 0) is 56.2 Å². The van der Waals surface area contributed by atoms with E-state index in [-0.39, 0.29) is 0 Å². The fourth-order valence-corrected chi connectivity index (χ4v) is 3.84. The molecule has 21 heavy (non-hydrogen) atoms. The van der Waals surface area contributed by atoms with Gasteiger partial charge in [-0.3, -0.25) is 4.79 Å². The largest absolute Gasteiger partial charge is 0.371 e. The Morgan fingerprint density at radius 3 is 2.52 bits per heavy atom. The van der Waals surface area contributed by atoms with E-state index >= 15 is 0 Å². The molecule has 0 N–H and O–H groups in total. The van der Waals surface area contributed by atoms with Gasteiger partial charge in [0.05, 0.1) is 0 Å². The summed E-state index contributed by atoms with van der Waals surface area (Å²) in [6.07, 6.45) is 8.22. The van der Waals surface area contributed by atoms with Gasteiger partial charge in [-0.25, -0.2) is 0 Å². The summed E-state index contributed by atoms with van der Waals surface area (Å²) in [5.74, 6) is 0.673. The summed E-state index contributed by atoms with van der Waals surface area (Å²) in [5, 5.41) is 0. The number of aryl methyl sites for hydroxylation is 1. The van der Waals surface area contributed by atoms with Gasteiger partial charge in [0.15, 0.2) is 0 Å². The molecule has 0 atom stereocenters. The number of nitrogens with zero attached hydrogens (tertiary/aromatic N) is 2. The van der Waals surface area contributed by atoms with Crippen LogP contribution in [0.25, 0.3) is 0 Å². The highest BCUT2D eigenvalue weighted by molar-refractivity contribution is 5.97. The third kappa shape index (κ3) is 2.33. The monoisotopic (exact) mass is 284 g/mol. The van der Waals surface area contributed by atoms with Gasteiger partial charge in [-0.15, -0.1) is 0 Å². The van der Waals surface area contributed by atoms with Crippen molar-refractivity contribution in [3.05, 3.63) is 23.8 Å². The summed E-state index contributed by atoms with van der Waals surface area (Å²) in [4.78, 5) is 17.2. The first-order valence-electron chi connectivity index (χ1n) is 8.52. The summed E-state index contributed by atoms with van der Waals surface area (Å²) in [6.45, 7) is 3.23. The maximum Gasteiger partial charge on any atom is 0.230 e. The lowest BCUT2D eigenvalue weighted by Gasteiger charge is -2.36. The number of fused-ring (bicyclic) bond motifs is 1. The highest BCUT2D eigenvalue weighted by Gasteiger charge is 2.32. The zero-order valence-electron chi connectivity index (χ0n) is 12.7. The SMILES string of the molecule is O=C(C1CCC1)N1CCCc2ccc(N3CCCC3)cc21. The average molecular weight is 284 g/mol. The molecule has 1 amide bonds. The van der Waals surface area contributed by atoms with Crippen LogP contribution < -0.4 is 9.80 Å². The van der Waals surface area contributed by atoms with E-state index in [1.165, 1.54) is 36.2 Å². The number of hydrogen-bond donors (Lipinski definition) is 0. The smallest absolute Gasteiger partial charge is 0.230 e. The summed E-state index contributed by atoms with van der Waals surface area (Å²) < 4.78 is 0. The Hall–Kier alpha value is -1.51. The Morgan fingerprint density at radius 2 is 1.81 bits per heavy atom. The van der Waals surface area contributed by atoms with Gasteiger partial charge in [0.1, 0.15) is 0 Å². The molecule has 1 aliphatic carbocycles. The quantitative estimate of drug-likeness (QED) is 0.831. The van der Waals surface area contributed by atoms with E-state index in [1.54, 1.807) is 0 Å². The Bertz CT molecular complexity index is 544. The van der Waals surface area contributed by atoms with Crippen LogP contribution in [0.2, 0.25) is 0 Å². The van der Waals surface area contributed by atoms with Crippen LogP contribution >= 0.6 is 0 Å². The Kier molecular flexibility index (Phi) is 3.36. The first-order valence-corrected chi connectivity index (χ1v) is 8.52. The molecular weight excluding hydrogens is 260 g/mol. The lowest BCUT2D eigenvalue weighted by Crippen LogP contribution is -2.41. The Morgan fingerprint density at radius 1 is 1.00 bits per heavy atom. The third-order valence-corrected chi connectivity index (χ3v) is 5.38. The molecular formula is C18H24N2O. The molecule has 3 aliphatic rings. The minimum Gasteiger partial charge on any atom is -0.371 e. The Labute approximate surface area is 126 Å². The van der Waals surface area contributed by atoms with Gasteiger partial charge < -0.3 is 9.80 Å². The maximum absolute atomic E-state index is 12.7. The summed E-state index contributed by atoms with van der Waals surface area (Å²) >= 11 is 0. The normalized spacial score (nSPS) is 22.1. The van der Waals surface area contributed by atoms with E-state index in [0.29, 0.717) is 11.8 Å². The topological polar surface area (TPSA) is 23.6 Å². The van der Waals surface area contributed by atoms with Crippen molar-refractivity contribution in [1.29, 1.82) is 0 Å². The predicted octanol–water partition coefficient (Wildman–Crippen LogP) is 3.37. The molecule has 1 aromatic carbocycles. The van der Waals surface area contributed by atoms with E-state index in [0.717, 1.165) is 45.3 Å². The van der Waals surface area contributed by atoms with Gasteiger partial charge >= 0.3 is 0 Å². The number of carbonyl (C=O) groups excluding carboxylic acids is 1. The number of carbonyl (C=O) groups is 1. The second kappa shape index (κ2) is 5.36. The number of amides is 1. The van der Waals surface area contributed by atoms with Crippen molar-refractivity contribution in [3.8, 4) is 0 Å². The molecule has 1 saturated heterocycles. The summed E-state index contributed by atoms with van der Waals surface area (Å²) in [7, 11) is 0. The number of rotatable bonds is 2. The third-order valence-electron chi connectivity index (χ3n) is 5.38. The molecule has 2 heterocycles. The summed E-state index contributed by atoms with van der Waals surface area (Å²) in [6, 6.07) is 6.78. The minimum atomic E-state index is 0.298. The van der Waals surface area contributed by atoms with Crippen molar-refractivity contribution < 1.29 is 4.79 Å². The van der Waals surface area contributed by atoms with Crippen LogP contribution in [-0.2, 0) is 11.2 Å². The molecule has 2 aliphatic heterocycles. The lowest BCUT2D eigenvalue weighted by molar-refractivity contribution is -0.124. The van der Waals surface area contributed by atoms with Crippen molar-refractivity contribution in [2.45, 2.75) is 44.9 Å². The van der Waals surface area contributed by atoms with Crippen molar-refractivity contribution in [2.75, 3.05) is 29.4 Å².